The Morgan fingerprint density at radius 1 is 1.19 bits per heavy atom. The highest BCUT2D eigenvalue weighted by molar-refractivity contribution is 5.96. The molecule has 1 aliphatic carbocycles. The van der Waals surface area contributed by atoms with Gasteiger partial charge in [-0.2, -0.15) is 5.26 Å². The summed E-state index contributed by atoms with van der Waals surface area (Å²) >= 11 is 0. The van der Waals surface area contributed by atoms with Crippen LogP contribution in [0.15, 0.2) is 48.7 Å². The normalized spacial score (nSPS) is 13.4. The van der Waals surface area contributed by atoms with Crippen molar-refractivity contribution in [1.29, 1.82) is 5.26 Å². The van der Waals surface area contributed by atoms with E-state index in [0.717, 1.165) is 40.7 Å². The molecule has 0 saturated heterocycles. The number of nitrogens with one attached hydrogen (secondary N) is 2. The Morgan fingerprint density at radius 2 is 1.94 bits per heavy atom. The third-order valence-electron chi connectivity index (χ3n) is 6.53. The van der Waals surface area contributed by atoms with E-state index in [9.17, 15) is 10.1 Å². The van der Waals surface area contributed by atoms with Crippen molar-refractivity contribution in [3.63, 3.8) is 0 Å². The molecule has 4 aromatic rings. The zero-order valence-corrected chi connectivity index (χ0v) is 21.0. The van der Waals surface area contributed by atoms with E-state index in [0.29, 0.717) is 29.1 Å². The molecule has 1 fully saturated rings. The van der Waals surface area contributed by atoms with Crippen molar-refractivity contribution in [3.8, 4) is 29.1 Å². The molecule has 1 saturated carbocycles. The van der Waals surface area contributed by atoms with Crippen LogP contribution in [0, 0.1) is 18.3 Å². The van der Waals surface area contributed by atoms with Gasteiger partial charge in [0.25, 0.3) is 0 Å². The lowest BCUT2D eigenvalue weighted by Crippen LogP contribution is -2.34. The van der Waals surface area contributed by atoms with Gasteiger partial charge in [-0.3, -0.25) is 0 Å². The second-order valence-corrected chi connectivity index (χ2v) is 9.68. The van der Waals surface area contributed by atoms with Gasteiger partial charge in [-0.1, -0.05) is 12.1 Å². The van der Waals surface area contributed by atoms with E-state index < -0.39 is 0 Å². The Hall–Kier alpha value is -4.25. The number of amides is 2. The Morgan fingerprint density at radius 3 is 2.53 bits per heavy atom. The maximum atomic E-state index is 12.1. The summed E-state index contributed by atoms with van der Waals surface area (Å²) in [6.07, 6.45) is 5.23. The first-order valence-electron chi connectivity index (χ1n) is 12.3. The van der Waals surface area contributed by atoms with Gasteiger partial charge in [0.05, 0.1) is 22.5 Å². The topological polar surface area (TPSA) is 96.9 Å². The van der Waals surface area contributed by atoms with Gasteiger partial charge in [0.1, 0.15) is 11.8 Å². The summed E-state index contributed by atoms with van der Waals surface area (Å²) in [5.74, 6) is 0.682. The lowest BCUT2D eigenvalue weighted by molar-refractivity contribution is 0.250. The van der Waals surface area contributed by atoms with Gasteiger partial charge in [0, 0.05) is 42.5 Å². The highest BCUT2D eigenvalue weighted by Gasteiger charge is 2.28. The molecule has 0 unspecified atom stereocenters. The molecule has 0 aliphatic heterocycles. The third-order valence-corrected chi connectivity index (χ3v) is 6.53. The SMILES string of the molecule is Cc1cn(C)c(Oc2ccc3c(C#N)c(-c4ccc(NC(=O)NC(C)C)cc4)n(C4CCC4)c3c2)n1. The highest BCUT2D eigenvalue weighted by Crippen LogP contribution is 2.43. The maximum absolute atomic E-state index is 12.1. The van der Waals surface area contributed by atoms with Gasteiger partial charge in [-0.15, -0.1) is 0 Å². The summed E-state index contributed by atoms with van der Waals surface area (Å²) in [5.41, 5.74) is 5.05. The van der Waals surface area contributed by atoms with Crippen molar-refractivity contribution >= 4 is 22.6 Å². The molecule has 8 heteroatoms. The van der Waals surface area contributed by atoms with E-state index in [-0.39, 0.29) is 12.1 Å². The first-order valence-corrected chi connectivity index (χ1v) is 12.3. The van der Waals surface area contributed by atoms with Crippen LogP contribution in [0.5, 0.6) is 11.8 Å². The average molecular weight is 483 g/mol. The van der Waals surface area contributed by atoms with Gasteiger partial charge in [-0.05, 0) is 69.9 Å². The second-order valence-electron chi connectivity index (χ2n) is 9.68. The number of carbonyl (C=O) groups excluding carboxylic acids is 1. The van der Waals surface area contributed by atoms with Crippen LogP contribution in [0.4, 0.5) is 10.5 Å². The molecular formula is C28H30N6O2. The van der Waals surface area contributed by atoms with E-state index >= 15 is 0 Å². The number of hydrogen-bond donors (Lipinski definition) is 2. The molecule has 1 aliphatic rings. The van der Waals surface area contributed by atoms with Gasteiger partial charge >= 0.3 is 12.0 Å². The lowest BCUT2D eigenvalue weighted by atomic mass is 9.92. The average Bonchev–Trinajstić information content (AvgIpc) is 3.28. The monoisotopic (exact) mass is 482 g/mol. The van der Waals surface area contributed by atoms with Crippen molar-refractivity contribution in [2.75, 3.05) is 5.32 Å². The van der Waals surface area contributed by atoms with Crippen molar-refractivity contribution in [3.05, 3.63) is 59.9 Å². The molecule has 2 aromatic heterocycles. The fraction of sp³-hybridized carbons (Fsp3) is 0.321. The second kappa shape index (κ2) is 9.42. The fourth-order valence-corrected chi connectivity index (χ4v) is 4.71. The minimum absolute atomic E-state index is 0.0518. The lowest BCUT2D eigenvalue weighted by Gasteiger charge is -2.30. The summed E-state index contributed by atoms with van der Waals surface area (Å²) in [6.45, 7) is 5.76. The van der Waals surface area contributed by atoms with Crippen LogP contribution in [0.1, 0.15) is 50.4 Å². The molecule has 2 amide bonds. The molecule has 0 bridgehead atoms. The first-order chi connectivity index (χ1) is 17.3. The van der Waals surface area contributed by atoms with Gasteiger partial charge < -0.3 is 24.5 Å². The van der Waals surface area contributed by atoms with Crippen LogP contribution in [-0.4, -0.2) is 26.2 Å². The van der Waals surface area contributed by atoms with E-state index in [1.54, 1.807) is 0 Å². The molecule has 8 nitrogen and oxygen atoms in total. The van der Waals surface area contributed by atoms with Crippen LogP contribution in [-0.2, 0) is 7.05 Å². The molecule has 36 heavy (non-hydrogen) atoms. The summed E-state index contributed by atoms with van der Waals surface area (Å²) in [6, 6.07) is 16.6. The van der Waals surface area contributed by atoms with E-state index in [4.69, 9.17) is 4.74 Å². The molecule has 2 aromatic carbocycles. The summed E-state index contributed by atoms with van der Waals surface area (Å²) in [5, 5.41) is 16.8. The number of fused-ring (bicyclic) bond motifs is 1. The van der Waals surface area contributed by atoms with Crippen molar-refractivity contribution in [2.24, 2.45) is 7.05 Å². The number of rotatable bonds is 6. The third kappa shape index (κ3) is 4.40. The van der Waals surface area contributed by atoms with Crippen molar-refractivity contribution in [1.82, 2.24) is 19.4 Å². The van der Waals surface area contributed by atoms with E-state index in [1.165, 1.54) is 6.42 Å². The number of hydrogen-bond acceptors (Lipinski definition) is 4. The van der Waals surface area contributed by atoms with Crippen LogP contribution < -0.4 is 15.4 Å². The molecule has 0 spiro atoms. The number of nitriles is 1. The quantitative estimate of drug-likeness (QED) is 0.338. The van der Waals surface area contributed by atoms with Crippen molar-refractivity contribution in [2.45, 2.75) is 52.1 Å². The zero-order chi connectivity index (χ0) is 25.4. The number of benzene rings is 2. The van der Waals surface area contributed by atoms with Crippen LogP contribution in [0.3, 0.4) is 0 Å². The Balaban J connectivity index is 1.56. The number of nitrogens with zero attached hydrogens (tertiary/aromatic N) is 4. The summed E-state index contributed by atoms with van der Waals surface area (Å²) < 4.78 is 10.3. The largest absolute Gasteiger partial charge is 0.425 e. The number of aromatic nitrogens is 3. The van der Waals surface area contributed by atoms with Gasteiger partial charge in [-0.25, -0.2) is 9.78 Å². The molecule has 0 radical (unpaired) electrons. The minimum atomic E-state index is -0.241. The Kier molecular flexibility index (Phi) is 6.15. The highest BCUT2D eigenvalue weighted by atomic mass is 16.5. The predicted octanol–water partition coefficient (Wildman–Crippen LogP) is 6.27. The van der Waals surface area contributed by atoms with Crippen molar-refractivity contribution < 1.29 is 9.53 Å². The smallest absolute Gasteiger partial charge is 0.319 e. The first kappa shape index (κ1) is 23.5. The molecule has 2 heterocycles. The standard InChI is InChI=1S/C28H30N6O2/c1-17(2)30-27(35)32-20-10-8-19(9-11-20)26-24(15-29)23-13-12-22(36-28-31-18(3)16-33(28)4)14-25(23)34(26)21-6-5-7-21/h8-14,16-17,21H,5-7H2,1-4H3,(H2,30,32,35). The fourth-order valence-electron chi connectivity index (χ4n) is 4.71. The van der Waals surface area contributed by atoms with Gasteiger partial charge in [0.15, 0.2) is 0 Å². The number of urea groups is 1. The Bertz CT molecular complexity index is 1470. The van der Waals surface area contributed by atoms with Crippen LogP contribution >= 0.6 is 0 Å². The molecular weight excluding hydrogens is 452 g/mol. The Labute approximate surface area is 210 Å². The van der Waals surface area contributed by atoms with Crippen LogP contribution in [0.2, 0.25) is 0 Å². The maximum Gasteiger partial charge on any atom is 0.319 e. The molecule has 5 rings (SSSR count). The zero-order valence-electron chi connectivity index (χ0n) is 21.0. The number of ether oxygens (including phenoxy) is 1. The number of anilines is 1. The molecule has 2 N–H and O–H groups in total. The molecule has 184 valence electrons. The van der Waals surface area contributed by atoms with Gasteiger partial charge in [0.2, 0.25) is 0 Å². The number of aryl methyl sites for hydroxylation is 2. The van der Waals surface area contributed by atoms with E-state index in [2.05, 4.69) is 26.3 Å². The summed E-state index contributed by atoms with van der Waals surface area (Å²) in [4.78, 5) is 16.5. The number of imidazole rings is 1. The molecule has 0 atom stereocenters. The minimum Gasteiger partial charge on any atom is -0.425 e. The summed E-state index contributed by atoms with van der Waals surface area (Å²) in [7, 11) is 1.90. The predicted molar refractivity (Wildman–Crippen MR) is 140 cm³/mol. The number of carbonyl (C=O) groups is 1. The van der Waals surface area contributed by atoms with Crippen LogP contribution in [0.25, 0.3) is 22.2 Å². The van der Waals surface area contributed by atoms with E-state index in [1.807, 2.05) is 81.0 Å².